The lowest BCUT2D eigenvalue weighted by molar-refractivity contribution is -0.129. The van der Waals surface area contributed by atoms with Crippen LogP contribution in [0.2, 0.25) is 0 Å². The minimum atomic E-state index is -0.142. The van der Waals surface area contributed by atoms with E-state index in [0.717, 1.165) is 41.1 Å². The average molecular weight is 357 g/mol. The van der Waals surface area contributed by atoms with Crippen LogP contribution < -0.4 is 5.32 Å². The molecule has 3 aromatic heterocycles. The van der Waals surface area contributed by atoms with Crippen molar-refractivity contribution < 1.29 is 9.59 Å². The van der Waals surface area contributed by atoms with Gasteiger partial charge in [0.1, 0.15) is 5.69 Å². The molecule has 8 heteroatoms. The molecule has 0 atom stereocenters. The molecule has 0 saturated heterocycles. The summed E-state index contributed by atoms with van der Waals surface area (Å²) in [5.41, 5.74) is 3.36. The normalized spacial score (nSPS) is 14.4. The van der Waals surface area contributed by atoms with Crippen LogP contribution in [0.1, 0.15) is 35.2 Å². The average Bonchev–Trinajstić information content (AvgIpc) is 3.24. The molecule has 2 N–H and O–H groups in total. The number of H-pyrrole nitrogens is 1. The van der Waals surface area contributed by atoms with Gasteiger partial charge in [-0.25, -0.2) is 0 Å². The molecule has 2 amide bonds. The molecule has 0 unspecified atom stereocenters. The van der Waals surface area contributed by atoms with Gasteiger partial charge in [0.25, 0.3) is 5.91 Å². The quantitative estimate of drug-likeness (QED) is 0.753. The Labute approximate surface area is 148 Å². The molecule has 0 fully saturated rings. The smallest absolute Gasteiger partial charge is 0.268 e. The van der Waals surface area contributed by atoms with E-state index in [1.807, 2.05) is 33.2 Å². The van der Waals surface area contributed by atoms with E-state index in [4.69, 9.17) is 0 Å². The van der Waals surface area contributed by atoms with Gasteiger partial charge in [0, 0.05) is 20.0 Å². The molecule has 3 aromatic rings. The van der Waals surface area contributed by atoms with Gasteiger partial charge in [0.05, 0.1) is 34.7 Å². The summed E-state index contributed by atoms with van der Waals surface area (Å²) in [4.78, 5) is 28.9. The van der Waals surface area contributed by atoms with Crippen LogP contribution in [0, 0.1) is 0 Å². The topological polar surface area (TPSA) is 83.0 Å². The van der Waals surface area contributed by atoms with E-state index in [1.54, 1.807) is 18.3 Å². The van der Waals surface area contributed by atoms with Crippen molar-refractivity contribution in [1.82, 2.24) is 25.0 Å². The van der Waals surface area contributed by atoms with Gasteiger partial charge in [-0.05, 0) is 30.0 Å². The molecule has 0 aliphatic carbocycles. The number of fused-ring (bicyclic) bond motifs is 2. The molecule has 7 nitrogen and oxygen atoms in total. The van der Waals surface area contributed by atoms with Crippen molar-refractivity contribution in [3.63, 3.8) is 0 Å². The van der Waals surface area contributed by atoms with Crippen molar-refractivity contribution in [3.05, 3.63) is 40.7 Å². The molecule has 0 aromatic carbocycles. The number of carbonyl (C=O) groups excluding carboxylic acids is 2. The molecule has 25 heavy (non-hydrogen) atoms. The van der Waals surface area contributed by atoms with Crippen molar-refractivity contribution in [3.8, 4) is 0 Å². The molecular weight excluding hydrogens is 338 g/mol. The second-order valence-corrected chi connectivity index (χ2v) is 7.16. The summed E-state index contributed by atoms with van der Waals surface area (Å²) in [7, 11) is 0. The Balaban J connectivity index is 1.43. The Morgan fingerprint density at radius 1 is 1.36 bits per heavy atom. The molecular formula is C17H19N5O2S. The molecule has 4 heterocycles. The number of hydrogen-bond donors (Lipinski definition) is 2. The highest BCUT2D eigenvalue weighted by Crippen LogP contribution is 2.21. The summed E-state index contributed by atoms with van der Waals surface area (Å²) in [5.74, 6) is -0.0619. The summed E-state index contributed by atoms with van der Waals surface area (Å²) in [6.45, 7) is 4.08. The second-order valence-electron chi connectivity index (χ2n) is 6.21. The van der Waals surface area contributed by atoms with Crippen LogP contribution in [0.4, 0.5) is 0 Å². The summed E-state index contributed by atoms with van der Waals surface area (Å²) in [6, 6.07) is 5.79. The molecule has 0 bridgehead atoms. The first-order chi connectivity index (χ1) is 12.1. The van der Waals surface area contributed by atoms with Gasteiger partial charge in [0.2, 0.25) is 5.91 Å². The van der Waals surface area contributed by atoms with Crippen LogP contribution in [0.5, 0.6) is 0 Å². The van der Waals surface area contributed by atoms with Crippen LogP contribution >= 0.6 is 11.3 Å². The van der Waals surface area contributed by atoms with Gasteiger partial charge < -0.3 is 15.2 Å². The lowest BCUT2D eigenvalue weighted by Crippen LogP contribution is -2.28. The molecule has 130 valence electrons. The second kappa shape index (κ2) is 6.36. The largest absolute Gasteiger partial charge is 0.350 e. The fourth-order valence-electron chi connectivity index (χ4n) is 3.11. The third-order valence-electron chi connectivity index (χ3n) is 4.42. The lowest BCUT2D eigenvalue weighted by Gasteiger charge is -2.17. The van der Waals surface area contributed by atoms with Crippen molar-refractivity contribution >= 4 is 33.4 Å². The summed E-state index contributed by atoms with van der Waals surface area (Å²) < 4.78 is 3.01. The number of aromatic nitrogens is 3. The zero-order valence-electron chi connectivity index (χ0n) is 13.9. The number of rotatable bonds is 3. The number of thiophene rings is 1. The van der Waals surface area contributed by atoms with Crippen LogP contribution in [-0.4, -0.2) is 38.0 Å². The number of hydrogen-bond acceptors (Lipinski definition) is 4. The fourth-order valence-corrected chi connectivity index (χ4v) is 3.90. The van der Waals surface area contributed by atoms with Crippen molar-refractivity contribution in [2.24, 2.45) is 0 Å². The first-order valence-corrected chi connectivity index (χ1v) is 9.13. The maximum absolute atomic E-state index is 12.3. The number of amides is 2. The van der Waals surface area contributed by atoms with Crippen molar-refractivity contribution in [2.45, 2.75) is 33.0 Å². The number of nitrogens with one attached hydrogen (secondary N) is 2. The van der Waals surface area contributed by atoms with Crippen LogP contribution in [0.25, 0.3) is 10.2 Å². The van der Waals surface area contributed by atoms with Gasteiger partial charge in [-0.1, -0.05) is 0 Å². The lowest BCUT2D eigenvalue weighted by atomic mass is 10.3. The van der Waals surface area contributed by atoms with Gasteiger partial charge in [-0.2, -0.15) is 5.10 Å². The molecule has 0 saturated carbocycles. The fraction of sp³-hybridized carbons (Fsp3) is 0.353. The van der Waals surface area contributed by atoms with E-state index in [1.165, 1.54) is 0 Å². The zero-order chi connectivity index (χ0) is 17.4. The van der Waals surface area contributed by atoms with E-state index in [-0.39, 0.29) is 11.8 Å². The Kier molecular flexibility index (Phi) is 4.04. The highest BCUT2D eigenvalue weighted by Gasteiger charge is 2.18. The summed E-state index contributed by atoms with van der Waals surface area (Å²) >= 11 is 1.60. The summed E-state index contributed by atoms with van der Waals surface area (Å²) in [5, 5.41) is 9.45. The SMILES string of the molecule is CC(=O)N1CCCn2nc(CNC(=O)c3cc4sccc4[nH]3)cc2C1. The van der Waals surface area contributed by atoms with E-state index in [9.17, 15) is 9.59 Å². The van der Waals surface area contributed by atoms with Crippen molar-refractivity contribution in [2.75, 3.05) is 6.54 Å². The maximum atomic E-state index is 12.3. The van der Waals surface area contributed by atoms with Gasteiger partial charge in [-0.3, -0.25) is 14.3 Å². The van der Waals surface area contributed by atoms with E-state index in [2.05, 4.69) is 15.4 Å². The molecule has 0 spiro atoms. The standard InChI is InChI=1S/C17H19N5O2S/c1-11(23)21-4-2-5-22-13(10-21)7-12(20-22)9-18-17(24)15-8-16-14(19-15)3-6-25-16/h3,6-8,19H,2,4-5,9-10H2,1H3,(H,18,24). The van der Waals surface area contributed by atoms with Crippen molar-refractivity contribution in [1.29, 1.82) is 0 Å². The van der Waals surface area contributed by atoms with Gasteiger partial charge in [-0.15, -0.1) is 11.3 Å². The number of nitrogens with zero attached hydrogens (tertiary/aromatic N) is 3. The first-order valence-electron chi connectivity index (χ1n) is 8.25. The number of aromatic amines is 1. The predicted octanol–water partition coefficient (Wildman–Crippen LogP) is 2.11. The zero-order valence-corrected chi connectivity index (χ0v) is 14.7. The van der Waals surface area contributed by atoms with Gasteiger partial charge >= 0.3 is 0 Å². The molecule has 1 aliphatic heterocycles. The molecule has 0 radical (unpaired) electrons. The van der Waals surface area contributed by atoms with Crippen LogP contribution in [-0.2, 0) is 24.4 Å². The Bertz CT molecular complexity index is 910. The highest BCUT2D eigenvalue weighted by atomic mass is 32.1. The minimum Gasteiger partial charge on any atom is -0.350 e. The third-order valence-corrected chi connectivity index (χ3v) is 5.29. The Morgan fingerprint density at radius 2 is 2.24 bits per heavy atom. The van der Waals surface area contributed by atoms with E-state index < -0.39 is 0 Å². The minimum absolute atomic E-state index is 0.0798. The van der Waals surface area contributed by atoms with Gasteiger partial charge in [0.15, 0.2) is 0 Å². The number of aryl methyl sites for hydroxylation is 1. The van der Waals surface area contributed by atoms with Crippen LogP contribution in [0.3, 0.4) is 0 Å². The highest BCUT2D eigenvalue weighted by molar-refractivity contribution is 7.17. The monoisotopic (exact) mass is 357 g/mol. The van der Waals surface area contributed by atoms with E-state index in [0.29, 0.717) is 18.8 Å². The Hall–Kier alpha value is -2.61. The maximum Gasteiger partial charge on any atom is 0.268 e. The van der Waals surface area contributed by atoms with Crippen LogP contribution in [0.15, 0.2) is 23.6 Å². The van der Waals surface area contributed by atoms with E-state index >= 15 is 0 Å². The predicted molar refractivity (Wildman–Crippen MR) is 95.3 cm³/mol. The Morgan fingerprint density at radius 3 is 3.04 bits per heavy atom. The third kappa shape index (κ3) is 3.17. The summed E-state index contributed by atoms with van der Waals surface area (Å²) in [6.07, 6.45) is 0.888. The number of carbonyl (C=O) groups is 2. The molecule has 4 rings (SSSR count). The molecule has 1 aliphatic rings. The first kappa shape index (κ1) is 15.9.